The van der Waals surface area contributed by atoms with E-state index in [1.54, 1.807) is 43.3 Å². The molecule has 1 heterocycles. The van der Waals surface area contributed by atoms with Gasteiger partial charge >= 0.3 is 0 Å². The van der Waals surface area contributed by atoms with E-state index in [0.29, 0.717) is 36.2 Å². The molecular weight excluding hydrogens is 310 g/mol. The van der Waals surface area contributed by atoms with Gasteiger partial charge < -0.3 is 9.80 Å². The Labute approximate surface area is 132 Å². The smallest absolute Gasteiger partial charge is 0.288 e. The minimum absolute atomic E-state index is 0.138. The molecule has 0 spiro atoms. The van der Waals surface area contributed by atoms with E-state index >= 15 is 0 Å². The Hall–Kier alpha value is -1.63. The molecular formula is C15H18F2N2O2S. The van der Waals surface area contributed by atoms with Crippen molar-refractivity contribution in [2.24, 2.45) is 5.92 Å². The number of alkyl halides is 2. The summed E-state index contributed by atoms with van der Waals surface area (Å²) >= 11 is 0.489. The molecule has 0 aliphatic carbocycles. The van der Waals surface area contributed by atoms with Crippen LogP contribution in [-0.2, 0) is 16.1 Å². The number of amides is 2. The summed E-state index contributed by atoms with van der Waals surface area (Å²) in [5.41, 5.74) is 0.841. The van der Waals surface area contributed by atoms with E-state index in [1.165, 1.54) is 4.90 Å². The van der Waals surface area contributed by atoms with Gasteiger partial charge in [-0.1, -0.05) is 23.9 Å². The fraction of sp³-hybridized carbons (Fsp3) is 0.467. The number of halogens is 2. The first-order valence-electron chi connectivity index (χ1n) is 6.92. The van der Waals surface area contributed by atoms with Crippen LogP contribution < -0.4 is 0 Å². The monoisotopic (exact) mass is 328 g/mol. The van der Waals surface area contributed by atoms with Gasteiger partial charge in [0.05, 0.1) is 0 Å². The van der Waals surface area contributed by atoms with E-state index in [1.807, 2.05) is 0 Å². The molecule has 1 aliphatic heterocycles. The zero-order chi connectivity index (χ0) is 16.3. The zero-order valence-corrected chi connectivity index (χ0v) is 13.3. The van der Waals surface area contributed by atoms with Crippen molar-refractivity contribution < 1.29 is 18.4 Å². The van der Waals surface area contributed by atoms with Crippen LogP contribution in [0.2, 0.25) is 0 Å². The standard InChI is InChI=1S/C15H18F2N2O2S/c1-18-8-7-12(13(18)20)14(21)19(2)9-10-3-5-11(6-4-10)22-15(16)17/h3-6,12,15H,7-9H2,1-2H3. The van der Waals surface area contributed by atoms with Gasteiger partial charge in [0.15, 0.2) is 0 Å². The lowest BCUT2D eigenvalue weighted by atomic mass is 10.1. The van der Waals surface area contributed by atoms with Crippen molar-refractivity contribution in [2.45, 2.75) is 23.6 Å². The molecule has 1 saturated heterocycles. The molecule has 0 aromatic heterocycles. The second kappa shape index (κ2) is 7.09. The highest BCUT2D eigenvalue weighted by Crippen LogP contribution is 2.25. The minimum Gasteiger partial charge on any atom is -0.345 e. The highest BCUT2D eigenvalue weighted by atomic mass is 32.2. The Morgan fingerprint density at radius 2 is 2.05 bits per heavy atom. The average Bonchev–Trinajstić information content (AvgIpc) is 2.80. The molecule has 1 unspecified atom stereocenters. The van der Waals surface area contributed by atoms with Crippen molar-refractivity contribution in [1.29, 1.82) is 0 Å². The summed E-state index contributed by atoms with van der Waals surface area (Å²) < 4.78 is 24.5. The normalized spacial score (nSPS) is 18.1. The number of nitrogens with zero attached hydrogens (tertiary/aromatic N) is 2. The molecule has 0 N–H and O–H groups in total. The Kier molecular flexibility index (Phi) is 5.39. The topological polar surface area (TPSA) is 40.6 Å². The van der Waals surface area contributed by atoms with Crippen LogP contribution in [0.5, 0.6) is 0 Å². The summed E-state index contributed by atoms with van der Waals surface area (Å²) in [5.74, 6) is -3.37. The number of hydrogen-bond donors (Lipinski definition) is 0. The van der Waals surface area contributed by atoms with Crippen molar-refractivity contribution in [3.63, 3.8) is 0 Å². The number of hydrogen-bond acceptors (Lipinski definition) is 3. The summed E-state index contributed by atoms with van der Waals surface area (Å²) in [6.07, 6.45) is 0.544. The molecule has 2 amide bonds. The van der Waals surface area contributed by atoms with Gasteiger partial charge in [0.25, 0.3) is 5.76 Å². The van der Waals surface area contributed by atoms with Gasteiger partial charge in [-0.2, -0.15) is 8.78 Å². The van der Waals surface area contributed by atoms with Gasteiger partial charge in [-0.25, -0.2) is 0 Å². The fourth-order valence-electron chi connectivity index (χ4n) is 2.45. The molecule has 1 aromatic rings. The molecule has 1 aromatic carbocycles. The van der Waals surface area contributed by atoms with E-state index in [0.717, 1.165) is 5.56 Å². The SMILES string of the molecule is CN1CCC(C(=O)N(C)Cc2ccc(SC(F)F)cc2)C1=O. The van der Waals surface area contributed by atoms with Gasteiger partial charge in [0, 0.05) is 32.1 Å². The third kappa shape index (κ3) is 3.97. The van der Waals surface area contributed by atoms with Gasteiger partial charge in [0.2, 0.25) is 11.8 Å². The quantitative estimate of drug-likeness (QED) is 0.616. The molecule has 0 bridgehead atoms. The van der Waals surface area contributed by atoms with Crippen LogP contribution in [0.15, 0.2) is 29.2 Å². The first-order valence-corrected chi connectivity index (χ1v) is 7.80. The molecule has 22 heavy (non-hydrogen) atoms. The van der Waals surface area contributed by atoms with Crippen molar-refractivity contribution >= 4 is 23.6 Å². The maximum atomic E-state index is 12.3. The number of carbonyl (C=O) groups is 2. The Morgan fingerprint density at radius 1 is 1.41 bits per heavy atom. The van der Waals surface area contributed by atoms with Crippen molar-refractivity contribution in [2.75, 3.05) is 20.6 Å². The van der Waals surface area contributed by atoms with Gasteiger partial charge in [-0.15, -0.1) is 0 Å². The molecule has 0 radical (unpaired) electrons. The molecule has 1 atom stereocenters. The lowest BCUT2D eigenvalue weighted by Crippen LogP contribution is -2.36. The van der Waals surface area contributed by atoms with Gasteiger partial charge in [0.1, 0.15) is 5.92 Å². The summed E-state index contributed by atoms with van der Waals surface area (Å²) in [7, 11) is 3.34. The van der Waals surface area contributed by atoms with Crippen LogP contribution in [-0.4, -0.2) is 48.0 Å². The van der Waals surface area contributed by atoms with Crippen LogP contribution in [0.25, 0.3) is 0 Å². The predicted octanol–water partition coefficient (Wildman–Crippen LogP) is 2.44. The van der Waals surface area contributed by atoms with E-state index in [-0.39, 0.29) is 11.8 Å². The Bertz CT molecular complexity index is 551. The van der Waals surface area contributed by atoms with Crippen molar-refractivity contribution in [3.05, 3.63) is 29.8 Å². The van der Waals surface area contributed by atoms with Crippen LogP contribution in [0.3, 0.4) is 0 Å². The third-order valence-corrected chi connectivity index (χ3v) is 4.39. The van der Waals surface area contributed by atoms with Crippen molar-refractivity contribution in [1.82, 2.24) is 9.80 Å². The lowest BCUT2D eigenvalue weighted by Gasteiger charge is -2.20. The highest BCUT2D eigenvalue weighted by molar-refractivity contribution is 7.99. The first kappa shape index (κ1) is 16.7. The molecule has 2 rings (SSSR count). The number of benzene rings is 1. The summed E-state index contributed by atoms with van der Waals surface area (Å²) in [6, 6.07) is 6.66. The van der Waals surface area contributed by atoms with Crippen LogP contribution in [0, 0.1) is 5.92 Å². The van der Waals surface area contributed by atoms with Crippen LogP contribution in [0.4, 0.5) is 8.78 Å². The lowest BCUT2D eigenvalue weighted by molar-refractivity contribution is -0.142. The molecule has 0 saturated carbocycles. The summed E-state index contributed by atoms with van der Waals surface area (Å²) in [6.45, 7) is 0.953. The fourth-order valence-corrected chi connectivity index (χ4v) is 2.94. The maximum absolute atomic E-state index is 12.3. The third-order valence-electron chi connectivity index (χ3n) is 3.67. The van der Waals surface area contributed by atoms with E-state index in [2.05, 4.69) is 0 Å². The molecule has 120 valence electrons. The molecule has 1 fully saturated rings. The second-order valence-corrected chi connectivity index (χ2v) is 6.38. The Morgan fingerprint density at radius 3 is 2.55 bits per heavy atom. The summed E-state index contributed by atoms with van der Waals surface area (Å²) in [4.78, 5) is 27.7. The van der Waals surface area contributed by atoms with Crippen LogP contribution >= 0.6 is 11.8 Å². The molecule has 7 heteroatoms. The van der Waals surface area contributed by atoms with Gasteiger partial charge in [-0.05, 0) is 24.1 Å². The average molecular weight is 328 g/mol. The van der Waals surface area contributed by atoms with Crippen molar-refractivity contribution in [3.8, 4) is 0 Å². The van der Waals surface area contributed by atoms with E-state index < -0.39 is 11.7 Å². The number of rotatable bonds is 5. The second-order valence-electron chi connectivity index (χ2n) is 5.32. The highest BCUT2D eigenvalue weighted by Gasteiger charge is 2.36. The Balaban J connectivity index is 1.95. The largest absolute Gasteiger partial charge is 0.345 e. The number of thioether (sulfide) groups is 1. The first-order chi connectivity index (χ1) is 10.4. The van der Waals surface area contributed by atoms with Gasteiger partial charge in [-0.3, -0.25) is 9.59 Å². The molecule has 1 aliphatic rings. The maximum Gasteiger partial charge on any atom is 0.288 e. The number of carbonyl (C=O) groups excluding carboxylic acids is 2. The van der Waals surface area contributed by atoms with E-state index in [4.69, 9.17) is 0 Å². The number of likely N-dealkylation sites (tertiary alicyclic amines) is 1. The van der Waals surface area contributed by atoms with E-state index in [9.17, 15) is 18.4 Å². The van der Waals surface area contributed by atoms with Crippen LogP contribution in [0.1, 0.15) is 12.0 Å². The minimum atomic E-state index is -2.44. The predicted molar refractivity (Wildman–Crippen MR) is 80.5 cm³/mol. The zero-order valence-electron chi connectivity index (χ0n) is 12.5. The summed E-state index contributed by atoms with van der Waals surface area (Å²) in [5, 5.41) is 0. The molecule has 4 nitrogen and oxygen atoms in total.